The highest BCUT2D eigenvalue weighted by molar-refractivity contribution is 5.78. The minimum atomic E-state index is -0.208. The van der Waals surface area contributed by atoms with Gasteiger partial charge in [-0.2, -0.15) is 0 Å². The van der Waals surface area contributed by atoms with Gasteiger partial charge in [-0.05, 0) is 56.7 Å². The van der Waals surface area contributed by atoms with Gasteiger partial charge in [-0.3, -0.25) is 9.69 Å². The van der Waals surface area contributed by atoms with Crippen molar-refractivity contribution in [3.8, 4) is 0 Å². The molecular formula is C18H25FN2O. The molecule has 3 rings (SSSR count). The van der Waals surface area contributed by atoms with Gasteiger partial charge in [0, 0.05) is 25.2 Å². The minimum absolute atomic E-state index is 0.208. The first-order chi connectivity index (χ1) is 10.6. The molecule has 1 saturated heterocycles. The van der Waals surface area contributed by atoms with Crippen molar-refractivity contribution < 1.29 is 9.18 Å². The van der Waals surface area contributed by atoms with Gasteiger partial charge in [-0.15, -0.1) is 0 Å². The predicted octanol–water partition coefficient (Wildman–Crippen LogP) is 3.19. The fourth-order valence-electron chi connectivity index (χ4n) is 3.31. The Hall–Kier alpha value is -1.42. The van der Waals surface area contributed by atoms with Crippen LogP contribution in [0.1, 0.15) is 44.6 Å². The van der Waals surface area contributed by atoms with E-state index in [9.17, 15) is 9.18 Å². The Bertz CT molecular complexity index is 512. The molecule has 1 amide bonds. The van der Waals surface area contributed by atoms with Gasteiger partial charge in [0.15, 0.2) is 0 Å². The lowest BCUT2D eigenvalue weighted by Crippen LogP contribution is -2.47. The lowest BCUT2D eigenvalue weighted by Gasteiger charge is -2.35. The second-order valence-corrected chi connectivity index (χ2v) is 6.69. The molecule has 1 saturated carbocycles. The van der Waals surface area contributed by atoms with Crippen LogP contribution in [0, 0.1) is 5.82 Å². The van der Waals surface area contributed by atoms with Gasteiger partial charge in [-0.1, -0.05) is 12.1 Å². The second kappa shape index (κ2) is 6.78. The normalized spacial score (nSPS) is 22.1. The molecule has 22 heavy (non-hydrogen) atoms. The third kappa shape index (κ3) is 3.86. The quantitative estimate of drug-likeness (QED) is 0.834. The van der Waals surface area contributed by atoms with E-state index >= 15 is 0 Å². The Kier molecular flexibility index (Phi) is 4.77. The highest BCUT2D eigenvalue weighted by Gasteiger charge is 2.32. The van der Waals surface area contributed by atoms with Gasteiger partial charge in [0.2, 0.25) is 5.91 Å². The lowest BCUT2D eigenvalue weighted by atomic mass is 10.0. The maximum Gasteiger partial charge on any atom is 0.237 e. The molecule has 2 fully saturated rings. The summed E-state index contributed by atoms with van der Waals surface area (Å²) in [7, 11) is 0. The number of halogens is 1. The van der Waals surface area contributed by atoms with E-state index in [1.165, 1.54) is 31.4 Å². The smallest absolute Gasteiger partial charge is 0.237 e. The maximum absolute atomic E-state index is 13.0. The van der Waals surface area contributed by atoms with Gasteiger partial charge in [0.1, 0.15) is 5.82 Å². The zero-order chi connectivity index (χ0) is 15.5. The molecule has 1 aliphatic heterocycles. The molecule has 4 heteroatoms. The number of rotatable bonds is 5. The second-order valence-electron chi connectivity index (χ2n) is 6.69. The highest BCUT2D eigenvalue weighted by atomic mass is 19.1. The Morgan fingerprint density at radius 2 is 1.95 bits per heavy atom. The van der Waals surface area contributed by atoms with Crippen LogP contribution in [0.5, 0.6) is 0 Å². The molecule has 0 bridgehead atoms. The molecule has 0 aromatic heterocycles. The number of nitrogens with zero attached hydrogens (tertiary/aromatic N) is 2. The molecule has 0 radical (unpaired) electrons. The summed E-state index contributed by atoms with van der Waals surface area (Å²) in [5.41, 5.74) is 1.08. The van der Waals surface area contributed by atoms with E-state index in [4.69, 9.17) is 0 Å². The van der Waals surface area contributed by atoms with Crippen LogP contribution in [-0.2, 0) is 11.3 Å². The summed E-state index contributed by atoms with van der Waals surface area (Å²) in [5, 5.41) is 0. The van der Waals surface area contributed by atoms with Crippen LogP contribution in [0.4, 0.5) is 4.39 Å². The number of piperidine rings is 1. The van der Waals surface area contributed by atoms with Crippen molar-refractivity contribution in [3.63, 3.8) is 0 Å². The number of carbonyl (C=O) groups is 1. The summed E-state index contributed by atoms with van der Waals surface area (Å²) in [5.74, 6) is 0.0427. The fraction of sp³-hybridized carbons (Fsp3) is 0.611. The van der Waals surface area contributed by atoms with Crippen molar-refractivity contribution in [2.75, 3.05) is 13.1 Å². The van der Waals surface area contributed by atoms with Crippen LogP contribution in [0.2, 0.25) is 0 Å². The van der Waals surface area contributed by atoms with Crippen LogP contribution in [0.15, 0.2) is 24.3 Å². The van der Waals surface area contributed by atoms with Gasteiger partial charge in [0.25, 0.3) is 0 Å². The van der Waals surface area contributed by atoms with Crippen molar-refractivity contribution in [1.29, 1.82) is 0 Å². The standard InChI is InChI=1S/C18H25FN2O/c1-14-4-2-3-11-21(14)18(22)13-20(17-9-10-17)12-15-5-7-16(19)8-6-15/h5-8,14,17H,2-4,9-13H2,1H3. The summed E-state index contributed by atoms with van der Waals surface area (Å²) < 4.78 is 13.0. The van der Waals surface area contributed by atoms with Crippen molar-refractivity contribution in [2.24, 2.45) is 0 Å². The molecule has 2 aliphatic rings. The number of amides is 1. The molecular weight excluding hydrogens is 279 g/mol. The van der Waals surface area contributed by atoms with Crippen LogP contribution in [-0.4, -0.2) is 40.9 Å². The number of benzene rings is 1. The van der Waals surface area contributed by atoms with Gasteiger partial charge in [0.05, 0.1) is 6.54 Å². The van der Waals surface area contributed by atoms with E-state index in [2.05, 4.69) is 11.8 Å². The fourth-order valence-corrected chi connectivity index (χ4v) is 3.31. The summed E-state index contributed by atoms with van der Waals surface area (Å²) >= 11 is 0. The van der Waals surface area contributed by atoms with Crippen LogP contribution < -0.4 is 0 Å². The zero-order valence-electron chi connectivity index (χ0n) is 13.3. The Balaban J connectivity index is 1.61. The average Bonchev–Trinajstić information content (AvgIpc) is 3.34. The average molecular weight is 304 g/mol. The largest absolute Gasteiger partial charge is 0.339 e. The number of carbonyl (C=O) groups excluding carboxylic acids is 1. The molecule has 1 aromatic rings. The first kappa shape index (κ1) is 15.5. The van der Waals surface area contributed by atoms with Crippen molar-refractivity contribution in [3.05, 3.63) is 35.6 Å². The zero-order valence-corrected chi connectivity index (χ0v) is 13.3. The molecule has 1 unspecified atom stereocenters. The Morgan fingerprint density at radius 3 is 2.59 bits per heavy atom. The molecule has 1 heterocycles. The summed E-state index contributed by atoms with van der Waals surface area (Å²) in [4.78, 5) is 16.9. The van der Waals surface area contributed by atoms with Crippen molar-refractivity contribution in [1.82, 2.24) is 9.80 Å². The number of likely N-dealkylation sites (tertiary alicyclic amines) is 1. The predicted molar refractivity (Wildman–Crippen MR) is 84.9 cm³/mol. The third-order valence-electron chi connectivity index (χ3n) is 4.82. The van der Waals surface area contributed by atoms with Crippen LogP contribution >= 0.6 is 0 Å². The number of hydrogen-bond donors (Lipinski definition) is 0. The molecule has 1 atom stereocenters. The molecule has 120 valence electrons. The maximum atomic E-state index is 13.0. The van der Waals surface area contributed by atoms with E-state index in [1.807, 2.05) is 17.0 Å². The van der Waals surface area contributed by atoms with Crippen molar-refractivity contribution in [2.45, 2.75) is 57.7 Å². The van der Waals surface area contributed by atoms with Crippen LogP contribution in [0.3, 0.4) is 0 Å². The SMILES string of the molecule is CC1CCCCN1C(=O)CN(Cc1ccc(F)cc1)C1CC1. The molecule has 3 nitrogen and oxygen atoms in total. The Morgan fingerprint density at radius 1 is 1.23 bits per heavy atom. The first-order valence-corrected chi connectivity index (χ1v) is 8.41. The van der Waals surface area contributed by atoms with Crippen molar-refractivity contribution >= 4 is 5.91 Å². The summed E-state index contributed by atoms with van der Waals surface area (Å²) in [6, 6.07) is 7.52. The van der Waals surface area contributed by atoms with Gasteiger partial charge in [-0.25, -0.2) is 4.39 Å². The molecule has 1 aliphatic carbocycles. The Labute approximate surface area is 132 Å². The monoisotopic (exact) mass is 304 g/mol. The topological polar surface area (TPSA) is 23.6 Å². The van der Waals surface area contributed by atoms with E-state index in [0.717, 1.165) is 31.5 Å². The third-order valence-corrected chi connectivity index (χ3v) is 4.82. The van der Waals surface area contributed by atoms with Gasteiger partial charge < -0.3 is 4.90 Å². The van der Waals surface area contributed by atoms with Crippen LogP contribution in [0.25, 0.3) is 0 Å². The first-order valence-electron chi connectivity index (χ1n) is 8.41. The molecule has 1 aromatic carbocycles. The highest BCUT2D eigenvalue weighted by Crippen LogP contribution is 2.28. The summed E-state index contributed by atoms with van der Waals surface area (Å²) in [6.45, 7) is 4.28. The van der Waals surface area contributed by atoms with E-state index in [0.29, 0.717) is 18.6 Å². The van der Waals surface area contributed by atoms with E-state index < -0.39 is 0 Å². The minimum Gasteiger partial charge on any atom is -0.339 e. The molecule has 0 N–H and O–H groups in total. The van der Waals surface area contributed by atoms with E-state index in [-0.39, 0.29) is 11.7 Å². The number of hydrogen-bond acceptors (Lipinski definition) is 2. The lowest BCUT2D eigenvalue weighted by molar-refractivity contribution is -0.136. The summed E-state index contributed by atoms with van der Waals surface area (Å²) in [6.07, 6.45) is 5.81. The molecule has 0 spiro atoms. The van der Waals surface area contributed by atoms with Gasteiger partial charge >= 0.3 is 0 Å². The van der Waals surface area contributed by atoms with E-state index in [1.54, 1.807) is 0 Å².